The van der Waals surface area contributed by atoms with Crippen molar-refractivity contribution >= 4 is 23.5 Å². The maximum absolute atomic E-state index is 12.8. The predicted octanol–water partition coefficient (Wildman–Crippen LogP) is 2.46. The van der Waals surface area contributed by atoms with E-state index in [0.29, 0.717) is 12.8 Å². The molecule has 1 atom stereocenters. The smallest absolute Gasteiger partial charge is 0.326 e. The van der Waals surface area contributed by atoms with Crippen molar-refractivity contribution < 1.29 is 19.1 Å². The molecule has 1 rings (SSSR count). The lowest BCUT2D eigenvalue weighted by molar-refractivity contribution is -0.139. The highest BCUT2D eigenvalue weighted by atomic mass is 35.5. The van der Waals surface area contributed by atoms with E-state index >= 15 is 0 Å². The molecule has 0 radical (unpaired) electrons. The first-order valence-corrected chi connectivity index (χ1v) is 5.82. The molecule has 4 nitrogen and oxygen atoms in total. The molecular weight excluding hydrogens is 261 g/mol. The Morgan fingerprint density at radius 1 is 1.50 bits per heavy atom. The number of amides is 1. The number of hydrogen-bond donors (Lipinski definition) is 2. The fourth-order valence-corrected chi connectivity index (χ4v) is 1.71. The molecule has 0 aromatic heterocycles. The van der Waals surface area contributed by atoms with Crippen LogP contribution in [0.25, 0.3) is 0 Å². The molecule has 0 aliphatic rings. The van der Waals surface area contributed by atoms with Crippen LogP contribution in [-0.2, 0) is 4.79 Å². The van der Waals surface area contributed by atoms with Crippen molar-refractivity contribution in [3.05, 3.63) is 34.6 Å². The Kier molecular flexibility index (Phi) is 5.09. The molecule has 1 aromatic rings. The van der Waals surface area contributed by atoms with Crippen molar-refractivity contribution in [3.63, 3.8) is 0 Å². The summed E-state index contributed by atoms with van der Waals surface area (Å²) in [6.07, 6.45) is 0.939. The van der Waals surface area contributed by atoms with Gasteiger partial charge in [-0.3, -0.25) is 4.79 Å². The summed E-state index contributed by atoms with van der Waals surface area (Å²) in [5, 5.41) is 11.2. The number of hydrogen-bond acceptors (Lipinski definition) is 2. The van der Waals surface area contributed by atoms with E-state index in [0.717, 1.165) is 12.1 Å². The normalized spacial score (nSPS) is 11.9. The highest BCUT2D eigenvalue weighted by Gasteiger charge is 2.20. The SMILES string of the molecule is CCC[C@@H](NC(=O)c1ccc(F)cc1Cl)C(=O)O. The molecule has 18 heavy (non-hydrogen) atoms. The van der Waals surface area contributed by atoms with Gasteiger partial charge in [-0.05, 0) is 24.6 Å². The number of nitrogens with one attached hydrogen (secondary N) is 1. The summed E-state index contributed by atoms with van der Waals surface area (Å²) in [5.74, 6) is -2.29. The van der Waals surface area contributed by atoms with E-state index in [9.17, 15) is 14.0 Å². The first-order valence-electron chi connectivity index (χ1n) is 5.44. The summed E-state index contributed by atoms with van der Waals surface area (Å²) in [7, 11) is 0. The highest BCUT2D eigenvalue weighted by molar-refractivity contribution is 6.33. The minimum atomic E-state index is -1.11. The number of carbonyl (C=O) groups excluding carboxylic acids is 1. The molecule has 0 saturated carbocycles. The number of aliphatic carboxylic acids is 1. The molecule has 98 valence electrons. The Labute approximate surface area is 109 Å². The first kappa shape index (κ1) is 14.4. The number of benzene rings is 1. The van der Waals surface area contributed by atoms with E-state index in [1.54, 1.807) is 0 Å². The second-order valence-electron chi connectivity index (χ2n) is 3.78. The summed E-state index contributed by atoms with van der Waals surface area (Å²) in [6, 6.07) is 2.35. The summed E-state index contributed by atoms with van der Waals surface area (Å²) >= 11 is 5.72. The third-order valence-corrected chi connectivity index (χ3v) is 2.67. The predicted molar refractivity (Wildman–Crippen MR) is 65.2 cm³/mol. The average Bonchev–Trinajstić information content (AvgIpc) is 2.27. The quantitative estimate of drug-likeness (QED) is 0.866. The Hall–Kier alpha value is -1.62. The van der Waals surface area contributed by atoms with Crippen LogP contribution >= 0.6 is 11.6 Å². The number of carboxylic acid groups (broad SMARTS) is 1. The number of halogens is 2. The van der Waals surface area contributed by atoms with Crippen molar-refractivity contribution in [2.75, 3.05) is 0 Å². The Morgan fingerprint density at radius 3 is 2.67 bits per heavy atom. The summed E-state index contributed by atoms with van der Waals surface area (Å²) in [6.45, 7) is 1.81. The van der Waals surface area contributed by atoms with Crippen LogP contribution in [0.3, 0.4) is 0 Å². The molecule has 0 aliphatic heterocycles. The molecule has 0 aliphatic carbocycles. The van der Waals surface area contributed by atoms with Crippen LogP contribution in [-0.4, -0.2) is 23.0 Å². The lowest BCUT2D eigenvalue weighted by atomic mass is 10.1. The molecule has 2 N–H and O–H groups in total. The molecule has 1 aromatic carbocycles. The molecule has 6 heteroatoms. The lowest BCUT2D eigenvalue weighted by Crippen LogP contribution is -2.40. The molecule has 0 unspecified atom stereocenters. The van der Waals surface area contributed by atoms with Gasteiger partial charge < -0.3 is 10.4 Å². The largest absolute Gasteiger partial charge is 0.480 e. The number of carboxylic acids is 1. The number of carbonyl (C=O) groups is 2. The van der Waals surface area contributed by atoms with Gasteiger partial charge in [-0.1, -0.05) is 24.9 Å². The van der Waals surface area contributed by atoms with E-state index < -0.39 is 23.7 Å². The first-order chi connectivity index (χ1) is 8.45. The Bertz CT molecular complexity index is 465. The average molecular weight is 274 g/mol. The zero-order valence-corrected chi connectivity index (χ0v) is 10.5. The lowest BCUT2D eigenvalue weighted by Gasteiger charge is -2.14. The monoisotopic (exact) mass is 273 g/mol. The molecule has 0 fully saturated rings. The van der Waals surface area contributed by atoms with Gasteiger partial charge in [-0.25, -0.2) is 9.18 Å². The van der Waals surface area contributed by atoms with Gasteiger partial charge in [-0.15, -0.1) is 0 Å². The third-order valence-electron chi connectivity index (χ3n) is 2.36. The van der Waals surface area contributed by atoms with Gasteiger partial charge >= 0.3 is 5.97 Å². The van der Waals surface area contributed by atoms with Crippen molar-refractivity contribution in [1.29, 1.82) is 0 Å². The van der Waals surface area contributed by atoms with Gasteiger partial charge in [0.1, 0.15) is 11.9 Å². The second kappa shape index (κ2) is 6.35. The molecule has 0 saturated heterocycles. The van der Waals surface area contributed by atoms with Crippen molar-refractivity contribution in [1.82, 2.24) is 5.32 Å². The summed E-state index contributed by atoms with van der Waals surface area (Å²) in [4.78, 5) is 22.7. The maximum Gasteiger partial charge on any atom is 0.326 e. The topological polar surface area (TPSA) is 66.4 Å². The van der Waals surface area contributed by atoms with Crippen LogP contribution in [0.1, 0.15) is 30.1 Å². The third kappa shape index (κ3) is 3.70. The van der Waals surface area contributed by atoms with Crippen LogP contribution in [0.4, 0.5) is 4.39 Å². The fraction of sp³-hybridized carbons (Fsp3) is 0.333. The van der Waals surface area contributed by atoms with Crippen LogP contribution in [0.5, 0.6) is 0 Å². The van der Waals surface area contributed by atoms with Crippen LogP contribution < -0.4 is 5.32 Å². The van der Waals surface area contributed by atoms with Gasteiger partial charge in [0.25, 0.3) is 5.91 Å². The summed E-state index contributed by atoms with van der Waals surface area (Å²) < 4.78 is 12.8. The summed E-state index contributed by atoms with van der Waals surface area (Å²) in [5.41, 5.74) is 0.0559. The minimum Gasteiger partial charge on any atom is -0.480 e. The van der Waals surface area contributed by atoms with Gasteiger partial charge in [-0.2, -0.15) is 0 Å². The fourth-order valence-electron chi connectivity index (χ4n) is 1.46. The highest BCUT2D eigenvalue weighted by Crippen LogP contribution is 2.17. The standard InChI is InChI=1S/C12H13ClFNO3/c1-2-3-10(12(17)18)15-11(16)8-5-4-7(14)6-9(8)13/h4-6,10H,2-3H2,1H3,(H,15,16)(H,17,18)/t10-/m1/s1. The van der Waals surface area contributed by atoms with Crippen LogP contribution in [0.2, 0.25) is 5.02 Å². The molecular formula is C12H13ClFNO3. The van der Waals surface area contributed by atoms with E-state index in [-0.39, 0.29) is 10.6 Å². The van der Waals surface area contributed by atoms with Crippen LogP contribution in [0.15, 0.2) is 18.2 Å². The van der Waals surface area contributed by atoms with Gasteiger partial charge in [0.05, 0.1) is 10.6 Å². The Morgan fingerprint density at radius 2 is 2.17 bits per heavy atom. The van der Waals surface area contributed by atoms with Crippen molar-refractivity contribution in [3.8, 4) is 0 Å². The van der Waals surface area contributed by atoms with Crippen LogP contribution in [0, 0.1) is 5.82 Å². The Balaban J connectivity index is 2.83. The van der Waals surface area contributed by atoms with Gasteiger partial charge in [0, 0.05) is 0 Å². The van der Waals surface area contributed by atoms with Crippen molar-refractivity contribution in [2.24, 2.45) is 0 Å². The zero-order valence-electron chi connectivity index (χ0n) is 9.74. The van der Waals surface area contributed by atoms with E-state index in [1.807, 2.05) is 6.92 Å². The zero-order chi connectivity index (χ0) is 13.7. The molecule has 0 heterocycles. The minimum absolute atomic E-state index is 0.0480. The molecule has 1 amide bonds. The number of rotatable bonds is 5. The molecule has 0 bridgehead atoms. The van der Waals surface area contributed by atoms with E-state index in [2.05, 4.69) is 5.32 Å². The van der Waals surface area contributed by atoms with E-state index in [1.165, 1.54) is 6.07 Å². The molecule has 0 spiro atoms. The van der Waals surface area contributed by atoms with Gasteiger partial charge in [0.15, 0.2) is 0 Å². The van der Waals surface area contributed by atoms with E-state index in [4.69, 9.17) is 16.7 Å². The maximum atomic E-state index is 12.8. The van der Waals surface area contributed by atoms with Gasteiger partial charge in [0.2, 0.25) is 0 Å². The second-order valence-corrected chi connectivity index (χ2v) is 4.18. The van der Waals surface area contributed by atoms with Crippen molar-refractivity contribution in [2.45, 2.75) is 25.8 Å².